The summed E-state index contributed by atoms with van der Waals surface area (Å²) in [6, 6.07) is 6.60. The number of nitrogens with zero attached hydrogens (tertiary/aromatic N) is 4. The number of fused-ring (bicyclic) bond motifs is 1. The number of alkyl halides is 2. The van der Waals surface area contributed by atoms with Crippen LogP contribution in [0.2, 0.25) is 0 Å². The van der Waals surface area contributed by atoms with Crippen molar-refractivity contribution in [2.45, 2.75) is 19.9 Å². The molecule has 26 heavy (non-hydrogen) atoms. The van der Waals surface area contributed by atoms with Crippen molar-refractivity contribution in [3.8, 4) is 10.4 Å². The Labute approximate surface area is 150 Å². The molecule has 9 heteroatoms. The second-order valence-electron chi connectivity index (χ2n) is 5.93. The van der Waals surface area contributed by atoms with Crippen LogP contribution in [-0.2, 0) is 13.6 Å². The average molecular weight is 376 g/mol. The summed E-state index contributed by atoms with van der Waals surface area (Å²) >= 11 is 1.02. The monoisotopic (exact) mass is 376 g/mol. The lowest BCUT2D eigenvalue weighted by atomic mass is 10.2. The van der Waals surface area contributed by atoms with E-state index in [1.807, 2.05) is 0 Å². The average Bonchev–Trinajstić information content (AvgIpc) is 3.31. The molecule has 4 heterocycles. The highest BCUT2D eigenvalue weighted by molar-refractivity contribution is 7.15. The van der Waals surface area contributed by atoms with E-state index in [1.165, 1.54) is 10.6 Å². The Morgan fingerprint density at radius 2 is 2.12 bits per heavy atom. The first kappa shape index (κ1) is 16.6. The molecule has 4 aromatic rings. The van der Waals surface area contributed by atoms with Crippen molar-refractivity contribution in [1.29, 1.82) is 0 Å². The zero-order chi connectivity index (χ0) is 18.4. The molecule has 0 radical (unpaired) electrons. The number of halogens is 2. The summed E-state index contributed by atoms with van der Waals surface area (Å²) in [5.41, 5.74) is 2.21. The molecule has 0 aliphatic heterocycles. The van der Waals surface area contributed by atoms with Gasteiger partial charge in [0.1, 0.15) is 11.5 Å². The largest absolute Gasteiger partial charge is 0.361 e. The van der Waals surface area contributed by atoms with Crippen LogP contribution in [0.15, 0.2) is 39.8 Å². The Kier molecular flexibility index (Phi) is 3.95. The summed E-state index contributed by atoms with van der Waals surface area (Å²) in [6.45, 7) is 2.02. The van der Waals surface area contributed by atoms with Gasteiger partial charge in [-0.25, -0.2) is 18.6 Å². The van der Waals surface area contributed by atoms with E-state index in [0.29, 0.717) is 33.1 Å². The lowest BCUT2D eigenvalue weighted by molar-refractivity contribution is 0.155. The van der Waals surface area contributed by atoms with Gasteiger partial charge in [-0.2, -0.15) is 0 Å². The Morgan fingerprint density at radius 1 is 1.31 bits per heavy atom. The van der Waals surface area contributed by atoms with Crippen LogP contribution in [0.3, 0.4) is 0 Å². The van der Waals surface area contributed by atoms with Gasteiger partial charge < -0.3 is 4.52 Å². The van der Waals surface area contributed by atoms with Crippen molar-refractivity contribution in [3.63, 3.8) is 0 Å². The topological polar surface area (TPSA) is 65.8 Å². The summed E-state index contributed by atoms with van der Waals surface area (Å²) in [5.74, 6) is 0.658. The van der Waals surface area contributed by atoms with Gasteiger partial charge >= 0.3 is 5.69 Å². The van der Waals surface area contributed by atoms with Gasteiger partial charge in [0.2, 0.25) is 0 Å². The normalized spacial score (nSPS) is 11.7. The van der Waals surface area contributed by atoms with Crippen LogP contribution in [-0.4, -0.2) is 19.3 Å². The highest BCUT2D eigenvalue weighted by atomic mass is 32.1. The van der Waals surface area contributed by atoms with E-state index < -0.39 is 6.43 Å². The molecule has 4 aromatic heterocycles. The number of rotatable bonds is 4. The van der Waals surface area contributed by atoms with Gasteiger partial charge in [0.25, 0.3) is 6.43 Å². The number of imidazole rings is 1. The molecule has 134 valence electrons. The molecule has 0 aliphatic rings. The van der Waals surface area contributed by atoms with Crippen molar-refractivity contribution in [2.75, 3.05) is 0 Å². The first-order valence-corrected chi connectivity index (χ1v) is 8.61. The van der Waals surface area contributed by atoms with Crippen LogP contribution >= 0.6 is 11.3 Å². The maximum Gasteiger partial charge on any atom is 0.330 e. The van der Waals surface area contributed by atoms with E-state index in [4.69, 9.17) is 4.52 Å². The van der Waals surface area contributed by atoms with Gasteiger partial charge in [-0.05, 0) is 25.1 Å². The van der Waals surface area contributed by atoms with E-state index in [0.717, 1.165) is 11.3 Å². The minimum absolute atomic E-state index is 0.00335. The molecule has 0 saturated carbocycles. The molecule has 0 bridgehead atoms. The third kappa shape index (κ3) is 2.74. The number of aromatic nitrogens is 4. The fourth-order valence-electron chi connectivity index (χ4n) is 2.84. The SMILES string of the molecule is Cc1cc(Cn2c(=O)n(C)c3ncc(-c4ccc(C(F)F)s4)cc32)no1. The van der Waals surface area contributed by atoms with Gasteiger partial charge in [-0.1, -0.05) is 5.16 Å². The Morgan fingerprint density at radius 3 is 2.77 bits per heavy atom. The minimum Gasteiger partial charge on any atom is -0.361 e. The molecule has 4 rings (SSSR count). The third-order valence-electron chi connectivity index (χ3n) is 4.10. The lowest BCUT2D eigenvalue weighted by Gasteiger charge is -2.02. The van der Waals surface area contributed by atoms with Crippen LogP contribution in [0, 0.1) is 6.92 Å². The highest BCUT2D eigenvalue weighted by Crippen LogP contribution is 2.34. The van der Waals surface area contributed by atoms with Crippen LogP contribution in [0.4, 0.5) is 8.78 Å². The van der Waals surface area contributed by atoms with E-state index in [9.17, 15) is 13.6 Å². The maximum atomic E-state index is 12.8. The number of hydrogen-bond acceptors (Lipinski definition) is 5. The summed E-state index contributed by atoms with van der Waals surface area (Å²) in [6.07, 6.45) is -0.913. The van der Waals surface area contributed by atoms with Crippen LogP contribution in [0.1, 0.15) is 22.8 Å². The Balaban J connectivity index is 1.83. The molecular formula is C17H14F2N4O2S. The minimum atomic E-state index is -2.50. The molecule has 0 aliphatic carbocycles. The van der Waals surface area contributed by atoms with Gasteiger partial charge in [-0.3, -0.25) is 9.13 Å². The molecule has 6 nitrogen and oxygen atoms in total. The molecule has 0 saturated heterocycles. The summed E-state index contributed by atoms with van der Waals surface area (Å²) in [4.78, 5) is 17.6. The van der Waals surface area contributed by atoms with Gasteiger partial charge in [0.15, 0.2) is 5.65 Å². The highest BCUT2D eigenvalue weighted by Gasteiger charge is 2.16. The Bertz CT molecular complexity index is 1160. The van der Waals surface area contributed by atoms with Crippen molar-refractivity contribution in [2.24, 2.45) is 7.05 Å². The number of hydrogen-bond donors (Lipinski definition) is 0. The molecule has 0 spiro atoms. The summed E-state index contributed by atoms with van der Waals surface area (Å²) in [5, 5.41) is 3.93. The van der Waals surface area contributed by atoms with E-state index in [2.05, 4.69) is 10.1 Å². The maximum absolute atomic E-state index is 12.8. The second kappa shape index (κ2) is 6.17. The standard InChI is InChI=1S/C17H14F2N4O2S/c1-9-5-11(21-25-9)8-23-12-6-10(7-20-16(12)22(2)17(23)24)13-3-4-14(26-13)15(18)19/h3-7,15H,8H2,1-2H3. The van der Waals surface area contributed by atoms with Crippen molar-refractivity contribution in [1.82, 2.24) is 19.3 Å². The molecule has 0 aromatic carbocycles. The van der Waals surface area contributed by atoms with Crippen molar-refractivity contribution >= 4 is 22.5 Å². The van der Waals surface area contributed by atoms with Crippen LogP contribution in [0.25, 0.3) is 21.6 Å². The zero-order valence-corrected chi connectivity index (χ0v) is 14.8. The summed E-state index contributed by atoms with van der Waals surface area (Å²) in [7, 11) is 1.64. The molecule has 0 fully saturated rings. The molecule has 0 unspecified atom stereocenters. The summed E-state index contributed by atoms with van der Waals surface area (Å²) < 4.78 is 33.7. The third-order valence-corrected chi connectivity index (χ3v) is 5.24. The van der Waals surface area contributed by atoms with Gasteiger partial charge in [0.05, 0.1) is 16.9 Å². The van der Waals surface area contributed by atoms with Gasteiger partial charge in [0, 0.05) is 29.8 Å². The van der Waals surface area contributed by atoms with Crippen LogP contribution in [0.5, 0.6) is 0 Å². The number of pyridine rings is 1. The zero-order valence-electron chi connectivity index (χ0n) is 13.9. The molecule has 0 atom stereocenters. The first-order chi connectivity index (χ1) is 12.4. The quantitative estimate of drug-likeness (QED) is 0.544. The van der Waals surface area contributed by atoms with Crippen molar-refractivity contribution < 1.29 is 13.3 Å². The predicted molar refractivity (Wildman–Crippen MR) is 93.6 cm³/mol. The fraction of sp³-hybridized carbons (Fsp3) is 0.235. The molecule has 0 amide bonds. The number of aryl methyl sites for hydroxylation is 2. The lowest BCUT2D eigenvalue weighted by Crippen LogP contribution is -2.22. The molecular weight excluding hydrogens is 362 g/mol. The van der Waals surface area contributed by atoms with E-state index >= 15 is 0 Å². The van der Waals surface area contributed by atoms with Crippen LogP contribution < -0.4 is 5.69 Å². The van der Waals surface area contributed by atoms with Gasteiger partial charge in [-0.15, -0.1) is 11.3 Å². The van der Waals surface area contributed by atoms with Crippen molar-refractivity contribution in [3.05, 3.63) is 57.3 Å². The Hall–Kier alpha value is -2.81. The fourth-order valence-corrected chi connectivity index (χ4v) is 3.69. The second-order valence-corrected chi connectivity index (χ2v) is 7.04. The number of thiophene rings is 1. The smallest absolute Gasteiger partial charge is 0.330 e. The van der Waals surface area contributed by atoms with E-state index in [1.54, 1.807) is 42.9 Å². The molecule has 0 N–H and O–H groups in total. The predicted octanol–water partition coefficient (Wildman–Crippen LogP) is 3.75. The first-order valence-electron chi connectivity index (χ1n) is 7.80. The van der Waals surface area contributed by atoms with E-state index in [-0.39, 0.29) is 17.1 Å².